The summed E-state index contributed by atoms with van der Waals surface area (Å²) in [6, 6.07) is 12.0. The van der Waals surface area contributed by atoms with Crippen LogP contribution in [0, 0.1) is 20.8 Å². The highest BCUT2D eigenvalue weighted by Crippen LogP contribution is 2.22. The van der Waals surface area contributed by atoms with Crippen molar-refractivity contribution in [1.29, 1.82) is 0 Å². The van der Waals surface area contributed by atoms with Gasteiger partial charge in [0.15, 0.2) is 4.90 Å². The third-order valence-corrected chi connectivity index (χ3v) is 5.31. The molecule has 0 amide bonds. The summed E-state index contributed by atoms with van der Waals surface area (Å²) in [6.45, 7) is 6.60. The van der Waals surface area contributed by atoms with Gasteiger partial charge in [0.2, 0.25) is 0 Å². The molecule has 2 N–H and O–H groups in total. The van der Waals surface area contributed by atoms with Gasteiger partial charge in [0.05, 0.1) is 17.6 Å². The van der Waals surface area contributed by atoms with Gasteiger partial charge in [-0.05, 0) is 32.4 Å². The molecule has 6 nitrogen and oxygen atoms in total. The van der Waals surface area contributed by atoms with Crippen molar-refractivity contribution in [3.8, 4) is 0 Å². The van der Waals surface area contributed by atoms with Crippen LogP contribution < -0.4 is 10.0 Å². The first-order valence-electron chi connectivity index (χ1n) is 8.38. The fourth-order valence-electron chi connectivity index (χ4n) is 2.57. The van der Waals surface area contributed by atoms with Crippen molar-refractivity contribution < 1.29 is 4.55 Å². The van der Waals surface area contributed by atoms with Crippen molar-refractivity contribution in [3.63, 3.8) is 0 Å². The van der Waals surface area contributed by atoms with Gasteiger partial charge in [-0.3, -0.25) is 4.68 Å². The van der Waals surface area contributed by atoms with Crippen LogP contribution >= 0.6 is 0 Å². The van der Waals surface area contributed by atoms with E-state index in [-0.39, 0.29) is 0 Å². The molecule has 2 aromatic heterocycles. The van der Waals surface area contributed by atoms with E-state index in [0.717, 1.165) is 22.9 Å². The summed E-state index contributed by atoms with van der Waals surface area (Å²) in [5, 5.41) is 7.60. The Kier molecular flexibility index (Phi) is 5.49. The molecule has 0 saturated heterocycles. The zero-order valence-corrected chi connectivity index (χ0v) is 16.2. The van der Waals surface area contributed by atoms with Crippen LogP contribution in [0.2, 0.25) is 0 Å². The maximum atomic E-state index is 12.6. The summed E-state index contributed by atoms with van der Waals surface area (Å²) in [5.41, 5.74) is 5.00. The van der Waals surface area contributed by atoms with E-state index in [9.17, 15) is 4.55 Å². The highest BCUT2D eigenvalue weighted by molar-refractivity contribution is 7.92. The molecule has 136 valence electrons. The Morgan fingerprint density at radius 3 is 2.38 bits per heavy atom. The number of aryl methyl sites for hydroxylation is 3. The van der Waals surface area contributed by atoms with Crippen LogP contribution in [0.15, 0.2) is 47.5 Å². The molecule has 0 fully saturated rings. The van der Waals surface area contributed by atoms with E-state index < -0.39 is 11.4 Å². The predicted molar refractivity (Wildman–Crippen MR) is 105 cm³/mol. The summed E-state index contributed by atoms with van der Waals surface area (Å²) in [7, 11) is 1.87. The van der Waals surface area contributed by atoms with Gasteiger partial charge in [-0.2, -0.15) is 9.82 Å². The van der Waals surface area contributed by atoms with Gasteiger partial charge < -0.3 is 9.87 Å². The maximum Gasteiger partial charge on any atom is 0.198 e. The zero-order valence-electron chi connectivity index (χ0n) is 15.4. The number of nitrogens with zero attached hydrogens (tertiary/aromatic N) is 3. The number of anilines is 2. The average molecular weight is 369 g/mol. The fraction of sp³-hybridized carbons (Fsp3) is 0.263. The molecule has 3 aromatic rings. The topological polar surface area (TPSA) is 77.8 Å². The first-order chi connectivity index (χ1) is 12.4. The monoisotopic (exact) mass is 369 g/mol. The second-order valence-corrected chi connectivity index (χ2v) is 7.47. The van der Waals surface area contributed by atoms with Gasteiger partial charge in [0, 0.05) is 19.7 Å². The number of nitrogens with one attached hydrogen (secondary N) is 2. The number of rotatable bonds is 6. The second kappa shape index (κ2) is 7.80. The van der Waals surface area contributed by atoms with Crippen LogP contribution in [0.1, 0.15) is 22.5 Å². The summed E-state index contributed by atoms with van der Waals surface area (Å²) in [5.74, 6) is 0.750. The molecule has 0 aliphatic rings. The van der Waals surface area contributed by atoms with Crippen molar-refractivity contribution >= 4 is 22.9 Å². The Morgan fingerprint density at radius 2 is 1.81 bits per heavy atom. The lowest BCUT2D eigenvalue weighted by Crippen LogP contribution is -2.14. The third-order valence-electron chi connectivity index (χ3n) is 4.25. The van der Waals surface area contributed by atoms with Crippen LogP contribution in [-0.4, -0.2) is 19.3 Å². The van der Waals surface area contributed by atoms with Gasteiger partial charge in [-0.15, -0.1) is 0 Å². The molecular formula is C19H23N5OS. The quantitative estimate of drug-likeness (QED) is 0.651. The van der Waals surface area contributed by atoms with Crippen molar-refractivity contribution in [2.45, 2.75) is 32.2 Å². The molecule has 0 spiro atoms. The van der Waals surface area contributed by atoms with E-state index >= 15 is 0 Å². The summed E-state index contributed by atoms with van der Waals surface area (Å²) in [4.78, 5) is 4.98. The Morgan fingerprint density at radius 1 is 1.08 bits per heavy atom. The van der Waals surface area contributed by atoms with Crippen molar-refractivity contribution in [2.24, 2.45) is 7.05 Å². The van der Waals surface area contributed by atoms with Crippen LogP contribution in [0.25, 0.3) is 0 Å². The lowest BCUT2D eigenvalue weighted by molar-refractivity contribution is 0.599. The van der Waals surface area contributed by atoms with Crippen LogP contribution in [0.5, 0.6) is 0 Å². The van der Waals surface area contributed by atoms with E-state index in [1.807, 2.05) is 33.0 Å². The Hall–Kier alpha value is -2.51. The molecule has 0 aliphatic heterocycles. The van der Waals surface area contributed by atoms with Crippen molar-refractivity contribution in [1.82, 2.24) is 14.8 Å². The molecule has 0 saturated carbocycles. The summed E-state index contributed by atoms with van der Waals surface area (Å²) < 4.78 is 17.3. The molecule has 1 unspecified atom stereocenters. The molecule has 1 aromatic carbocycles. The van der Waals surface area contributed by atoms with Crippen LogP contribution in [0.4, 0.5) is 11.5 Å². The number of hydrogen-bond acceptors (Lipinski definition) is 5. The van der Waals surface area contributed by atoms with Crippen molar-refractivity contribution in [2.75, 3.05) is 10.0 Å². The highest BCUT2D eigenvalue weighted by atomic mass is 32.2. The van der Waals surface area contributed by atoms with E-state index in [4.69, 9.17) is 0 Å². The summed E-state index contributed by atoms with van der Waals surface area (Å²) >= 11 is -1.39. The molecule has 3 rings (SSSR count). The van der Waals surface area contributed by atoms with E-state index in [1.54, 1.807) is 10.9 Å². The minimum absolute atomic E-state index is 0.619. The predicted octanol–water partition coefficient (Wildman–Crippen LogP) is 3.49. The minimum atomic E-state index is -1.39. The highest BCUT2D eigenvalue weighted by Gasteiger charge is 2.18. The summed E-state index contributed by atoms with van der Waals surface area (Å²) in [6.07, 6.45) is 1.63. The number of aromatic nitrogens is 3. The minimum Gasteiger partial charge on any atom is -0.588 e. The Labute approximate surface area is 157 Å². The largest absolute Gasteiger partial charge is 0.588 e. The van der Waals surface area contributed by atoms with Crippen LogP contribution in [0.3, 0.4) is 0 Å². The van der Waals surface area contributed by atoms with Crippen LogP contribution in [-0.2, 0) is 25.0 Å². The van der Waals surface area contributed by atoms with E-state index in [0.29, 0.717) is 11.4 Å². The third kappa shape index (κ3) is 4.17. The lowest BCUT2D eigenvalue weighted by Gasteiger charge is -2.12. The van der Waals surface area contributed by atoms with E-state index in [2.05, 4.69) is 51.3 Å². The average Bonchev–Trinajstić information content (AvgIpc) is 2.88. The number of pyridine rings is 1. The molecule has 1 atom stereocenters. The van der Waals surface area contributed by atoms with E-state index in [1.165, 1.54) is 11.1 Å². The second-order valence-electron chi connectivity index (χ2n) is 6.26. The standard InChI is InChI=1S/C19H23N5OS/c1-13-5-7-16(8-6-13)11-20-18-10-9-17(12-21-18)26(25)23-19-14(2)22-24(4)15(19)3/h5-10,12,23H,11H2,1-4H3,(H,20,21). The van der Waals surface area contributed by atoms with Gasteiger partial charge in [0.25, 0.3) is 0 Å². The lowest BCUT2D eigenvalue weighted by atomic mass is 10.1. The molecule has 2 heterocycles. The number of benzene rings is 1. The zero-order chi connectivity index (χ0) is 18.7. The maximum absolute atomic E-state index is 12.6. The first-order valence-corrected chi connectivity index (χ1v) is 9.53. The van der Waals surface area contributed by atoms with Gasteiger partial charge in [-0.25, -0.2) is 4.98 Å². The van der Waals surface area contributed by atoms with Crippen molar-refractivity contribution in [3.05, 3.63) is 65.1 Å². The first kappa shape index (κ1) is 18.3. The van der Waals surface area contributed by atoms with Gasteiger partial charge in [0.1, 0.15) is 22.9 Å². The smallest absolute Gasteiger partial charge is 0.198 e. The fourth-order valence-corrected chi connectivity index (χ4v) is 3.50. The number of hydrogen-bond donors (Lipinski definition) is 2. The molecule has 0 bridgehead atoms. The molecular weight excluding hydrogens is 346 g/mol. The molecule has 0 radical (unpaired) electrons. The molecule has 26 heavy (non-hydrogen) atoms. The SMILES string of the molecule is Cc1ccc(CNc2ccc([S+]([O-])Nc3c(C)nn(C)c3C)cn2)cc1. The normalized spacial score (nSPS) is 12.0. The molecule has 7 heteroatoms. The van der Waals surface area contributed by atoms with Gasteiger partial charge >= 0.3 is 0 Å². The van der Waals surface area contributed by atoms with Gasteiger partial charge in [-0.1, -0.05) is 29.8 Å². The Balaban J connectivity index is 1.62. The Bertz CT molecular complexity index is 874. The molecule has 0 aliphatic carbocycles.